The highest BCUT2D eigenvalue weighted by atomic mass is 35.5. The first kappa shape index (κ1) is 13.8. The molecular weight excluding hydrogens is 274 g/mol. The maximum Gasteiger partial charge on any atom is 0.240 e. The van der Waals surface area contributed by atoms with E-state index in [1.807, 2.05) is 0 Å². The normalized spacial score (nSPS) is 25.0. The van der Waals surface area contributed by atoms with Crippen LogP contribution in [-0.2, 0) is 10.0 Å². The van der Waals surface area contributed by atoms with Crippen molar-refractivity contribution in [3.05, 3.63) is 29.3 Å². The molecule has 2 N–H and O–H groups in total. The molecule has 0 amide bonds. The fraction of sp³-hybridized carbons (Fsp3) is 0.500. The Labute approximate surface area is 112 Å². The molecule has 1 aromatic carbocycles. The molecule has 4 nitrogen and oxygen atoms in total. The van der Waals surface area contributed by atoms with Crippen LogP contribution >= 0.6 is 11.6 Å². The SMILES string of the molecule is O=S(=O)(N[C@H]1CCCC[C@@H]1O)c1cccc(Cl)c1. The first-order valence-corrected chi connectivity index (χ1v) is 7.81. The predicted molar refractivity (Wildman–Crippen MR) is 70.0 cm³/mol. The maximum atomic E-state index is 12.1. The van der Waals surface area contributed by atoms with Crippen LogP contribution in [0.1, 0.15) is 25.7 Å². The monoisotopic (exact) mass is 289 g/mol. The highest BCUT2D eigenvalue weighted by molar-refractivity contribution is 7.89. The zero-order chi connectivity index (χ0) is 13.2. The topological polar surface area (TPSA) is 66.4 Å². The number of benzene rings is 1. The lowest BCUT2D eigenvalue weighted by molar-refractivity contribution is 0.101. The lowest BCUT2D eigenvalue weighted by Gasteiger charge is -2.28. The van der Waals surface area contributed by atoms with Crippen molar-refractivity contribution in [1.29, 1.82) is 0 Å². The second-order valence-electron chi connectivity index (χ2n) is 4.54. The van der Waals surface area contributed by atoms with Gasteiger partial charge in [0.05, 0.1) is 11.0 Å². The van der Waals surface area contributed by atoms with Gasteiger partial charge in [0.15, 0.2) is 0 Å². The Kier molecular flexibility index (Phi) is 4.27. The molecule has 100 valence electrons. The summed E-state index contributed by atoms with van der Waals surface area (Å²) in [6.07, 6.45) is 2.58. The average Bonchev–Trinajstić information content (AvgIpc) is 2.32. The smallest absolute Gasteiger partial charge is 0.240 e. The Morgan fingerprint density at radius 3 is 2.67 bits per heavy atom. The van der Waals surface area contributed by atoms with Crippen LogP contribution in [0.2, 0.25) is 5.02 Å². The van der Waals surface area contributed by atoms with Gasteiger partial charge in [0.2, 0.25) is 10.0 Å². The Balaban J connectivity index is 2.16. The van der Waals surface area contributed by atoms with Crippen molar-refractivity contribution >= 4 is 21.6 Å². The molecule has 0 aromatic heterocycles. The number of hydrogen-bond acceptors (Lipinski definition) is 3. The van der Waals surface area contributed by atoms with Crippen LogP contribution in [0.4, 0.5) is 0 Å². The van der Waals surface area contributed by atoms with Crippen molar-refractivity contribution in [2.45, 2.75) is 42.7 Å². The number of aliphatic hydroxyl groups is 1. The van der Waals surface area contributed by atoms with E-state index in [4.69, 9.17) is 11.6 Å². The third-order valence-electron chi connectivity index (χ3n) is 3.14. The van der Waals surface area contributed by atoms with Gasteiger partial charge in [-0.1, -0.05) is 30.5 Å². The fourth-order valence-electron chi connectivity index (χ4n) is 2.15. The molecule has 0 unspecified atom stereocenters. The van der Waals surface area contributed by atoms with Crippen LogP contribution in [-0.4, -0.2) is 25.7 Å². The van der Waals surface area contributed by atoms with Gasteiger partial charge in [0, 0.05) is 11.1 Å². The molecule has 0 aliphatic heterocycles. The van der Waals surface area contributed by atoms with Crippen molar-refractivity contribution in [2.24, 2.45) is 0 Å². The minimum Gasteiger partial charge on any atom is -0.391 e. The van der Waals surface area contributed by atoms with E-state index in [0.29, 0.717) is 17.9 Å². The molecule has 6 heteroatoms. The van der Waals surface area contributed by atoms with Crippen molar-refractivity contribution in [3.63, 3.8) is 0 Å². The van der Waals surface area contributed by atoms with Crippen LogP contribution in [0.25, 0.3) is 0 Å². The molecule has 0 bridgehead atoms. The molecule has 1 aliphatic carbocycles. The number of rotatable bonds is 3. The van der Waals surface area contributed by atoms with Gasteiger partial charge in [-0.3, -0.25) is 0 Å². The summed E-state index contributed by atoms with van der Waals surface area (Å²) < 4.78 is 26.8. The van der Waals surface area contributed by atoms with E-state index in [0.717, 1.165) is 12.8 Å². The molecule has 1 aliphatic rings. The van der Waals surface area contributed by atoms with E-state index in [-0.39, 0.29) is 4.90 Å². The van der Waals surface area contributed by atoms with Gasteiger partial charge in [0.25, 0.3) is 0 Å². The van der Waals surface area contributed by atoms with Gasteiger partial charge in [-0.15, -0.1) is 0 Å². The Morgan fingerprint density at radius 1 is 1.28 bits per heavy atom. The second-order valence-corrected chi connectivity index (χ2v) is 6.69. The molecule has 0 saturated heterocycles. The molecular formula is C12H16ClNO3S. The highest BCUT2D eigenvalue weighted by Gasteiger charge is 2.28. The lowest BCUT2D eigenvalue weighted by Crippen LogP contribution is -2.44. The van der Waals surface area contributed by atoms with Crippen LogP contribution in [0.5, 0.6) is 0 Å². The van der Waals surface area contributed by atoms with Gasteiger partial charge in [-0.25, -0.2) is 13.1 Å². The first-order chi connectivity index (χ1) is 8.49. The molecule has 1 saturated carbocycles. The van der Waals surface area contributed by atoms with Crippen LogP contribution in [0.3, 0.4) is 0 Å². The molecule has 1 aromatic rings. The van der Waals surface area contributed by atoms with Crippen molar-refractivity contribution < 1.29 is 13.5 Å². The molecule has 0 spiro atoms. The van der Waals surface area contributed by atoms with E-state index in [1.165, 1.54) is 12.1 Å². The van der Waals surface area contributed by atoms with Gasteiger partial charge >= 0.3 is 0 Å². The van der Waals surface area contributed by atoms with Crippen LogP contribution in [0.15, 0.2) is 29.2 Å². The summed E-state index contributed by atoms with van der Waals surface area (Å²) in [5, 5.41) is 10.2. The number of hydrogen-bond donors (Lipinski definition) is 2. The summed E-state index contributed by atoms with van der Waals surface area (Å²) in [6, 6.07) is 5.70. The molecule has 0 radical (unpaired) electrons. The summed E-state index contributed by atoms with van der Waals surface area (Å²) >= 11 is 5.78. The van der Waals surface area contributed by atoms with Crippen molar-refractivity contribution in [2.75, 3.05) is 0 Å². The Bertz CT molecular complexity index is 518. The quantitative estimate of drug-likeness (QED) is 0.893. The van der Waals surface area contributed by atoms with E-state index in [9.17, 15) is 13.5 Å². The number of aliphatic hydroxyl groups excluding tert-OH is 1. The average molecular weight is 290 g/mol. The summed E-state index contributed by atoms with van der Waals surface area (Å²) in [4.78, 5) is 0.132. The van der Waals surface area contributed by atoms with Gasteiger partial charge < -0.3 is 5.11 Å². The molecule has 2 rings (SSSR count). The Hall–Kier alpha value is -0.620. The van der Waals surface area contributed by atoms with Crippen LogP contribution < -0.4 is 4.72 Å². The molecule has 2 atom stereocenters. The minimum atomic E-state index is -3.61. The van der Waals surface area contributed by atoms with Crippen molar-refractivity contribution in [1.82, 2.24) is 4.72 Å². The van der Waals surface area contributed by atoms with E-state index in [2.05, 4.69) is 4.72 Å². The van der Waals surface area contributed by atoms with E-state index in [1.54, 1.807) is 12.1 Å². The summed E-state index contributed by atoms with van der Waals surface area (Å²) in [7, 11) is -3.61. The second kappa shape index (κ2) is 5.57. The van der Waals surface area contributed by atoms with Crippen LogP contribution in [0, 0.1) is 0 Å². The van der Waals surface area contributed by atoms with E-state index < -0.39 is 22.2 Å². The standard InChI is InChI=1S/C12H16ClNO3S/c13-9-4-3-5-10(8-9)18(16,17)14-11-6-1-2-7-12(11)15/h3-5,8,11-12,14-15H,1-2,6-7H2/t11-,12-/m0/s1. The Morgan fingerprint density at radius 2 is 2.00 bits per heavy atom. The lowest BCUT2D eigenvalue weighted by atomic mass is 9.93. The first-order valence-electron chi connectivity index (χ1n) is 5.95. The predicted octanol–water partition coefficient (Wildman–Crippen LogP) is 1.92. The molecule has 1 fully saturated rings. The maximum absolute atomic E-state index is 12.1. The molecule has 0 heterocycles. The van der Waals surface area contributed by atoms with E-state index >= 15 is 0 Å². The number of halogens is 1. The minimum absolute atomic E-state index is 0.132. The largest absolute Gasteiger partial charge is 0.391 e. The summed E-state index contributed by atoms with van der Waals surface area (Å²) in [5.74, 6) is 0. The van der Waals surface area contributed by atoms with Crippen molar-refractivity contribution in [3.8, 4) is 0 Å². The zero-order valence-corrected chi connectivity index (χ0v) is 11.4. The fourth-order valence-corrected chi connectivity index (χ4v) is 3.75. The third kappa shape index (κ3) is 3.23. The number of sulfonamides is 1. The van der Waals surface area contributed by atoms with Gasteiger partial charge in [-0.2, -0.15) is 0 Å². The highest BCUT2D eigenvalue weighted by Crippen LogP contribution is 2.21. The third-order valence-corrected chi connectivity index (χ3v) is 4.87. The number of nitrogens with one attached hydrogen (secondary N) is 1. The summed E-state index contributed by atoms with van der Waals surface area (Å²) in [6.45, 7) is 0. The van der Waals surface area contributed by atoms with Gasteiger partial charge in [-0.05, 0) is 31.0 Å². The zero-order valence-electron chi connectivity index (χ0n) is 9.84. The van der Waals surface area contributed by atoms with Gasteiger partial charge in [0.1, 0.15) is 0 Å². The summed E-state index contributed by atoms with van der Waals surface area (Å²) in [5.41, 5.74) is 0. The molecule has 18 heavy (non-hydrogen) atoms.